The van der Waals surface area contributed by atoms with Gasteiger partial charge in [0.05, 0.1) is 6.10 Å². The third-order valence-electron chi connectivity index (χ3n) is 3.17. The van der Waals surface area contributed by atoms with Crippen molar-refractivity contribution in [2.75, 3.05) is 26.3 Å². The number of hydrogen-bond acceptors (Lipinski definition) is 3. The molecule has 0 aliphatic carbocycles. The van der Waals surface area contributed by atoms with Gasteiger partial charge in [-0.1, -0.05) is 38.1 Å². The Bertz CT molecular complexity index is 335. The SMILES string of the molecule is CCOCCCNCC(O)c1ccc(C(C)C)cc1. The van der Waals surface area contributed by atoms with Gasteiger partial charge in [-0.25, -0.2) is 0 Å². The average molecular weight is 265 g/mol. The summed E-state index contributed by atoms with van der Waals surface area (Å²) >= 11 is 0. The summed E-state index contributed by atoms with van der Waals surface area (Å²) in [6.07, 6.45) is 0.542. The maximum absolute atomic E-state index is 10.1. The van der Waals surface area contributed by atoms with E-state index in [2.05, 4.69) is 31.3 Å². The Hall–Kier alpha value is -0.900. The number of ether oxygens (including phenoxy) is 1. The summed E-state index contributed by atoms with van der Waals surface area (Å²) in [6.45, 7) is 9.36. The second kappa shape index (κ2) is 9.08. The van der Waals surface area contributed by atoms with E-state index in [0.29, 0.717) is 12.5 Å². The van der Waals surface area contributed by atoms with Crippen molar-refractivity contribution >= 4 is 0 Å². The van der Waals surface area contributed by atoms with E-state index in [-0.39, 0.29) is 0 Å². The van der Waals surface area contributed by atoms with Gasteiger partial charge in [-0.2, -0.15) is 0 Å². The lowest BCUT2D eigenvalue weighted by Gasteiger charge is -2.13. The summed E-state index contributed by atoms with van der Waals surface area (Å²) < 4.78 is 5.26. The zero-order valence-electron chi connectivity index (χ0n) is 12.4. The summed E-state index contributed by atoms with van der Waals surface area (Å²) in [7, 11) is 0. The van der Waals surface area contributed by atoms with Crippen LogP contribution in [0.5, 0.6) is 0 Å². The first-order valence-electron chi connectivity index (χ1n) is 7.21. The van der Waals surface area contributed by atoms with E-state index >= 15 is 0 Å². The molecule has 0 heterocycles. The smallest absolute Gasteiger partial charge is 0.0914 e. The van der Waals surface area contributed by atoms with Gasteiger partial charge in [-0.15, -0.1) is 0 Å². The van der Waals surface area contributed by atoms with E-state index in [1.54, 1.807) is 0 Å². The van der Waals surface area contributed by atoms with E-state index < -0.39 is 6.10 Å². The standard InChI is InChI=1S/C16H27NO2/c1-4-19-11-5-10-17-12-16(18)15-8-6-14(7-9-15)13(2)3/h6-9,13,16-18H,4-5,10-12H2,1-3H3. The van der Waals surface area contributed by atoms with Crippen molar-refractivity contribution in [2.24, 2.45) is 0 Å². The average Bonchev–Trinajstić information content (AvgIpc) is 2.42. The fourth-order valence-electron chi connectivity index (χ4n) is 1.90. The molecule has 2 N–H and O–H groups in total. The Morgan fingerprint density at radius 2 is 1.79 bits per heavy atom. The molecule has 0 amide bonds. The molecule has 1 aromatic carbocycles. The van der Waals surface area contributed by atoms with Gasteiger partial charge in [0.15, 0.2) is 0 Å². The van der Waals surface area contributed by atoms with Crippen LogP contribution in [0.2, 0.25) is 0 Å². The third-order valence-corrected chi connectivity index (χ3v) is 3.17. The van der Waals surface area contributed by atoms with Crippen LogP contribution >= 0.6 is 0 Å². The van der Waals surface area contributed by atoms with Crippen molar-refractivity contribution in [1.82, 2.24) is 5.32 Å². The van der Waals surface area contributed by atoms with Crippen LogP contribution < -0.4 is 5.32 Å². The lowest BCUT2D eigenvalue weighted by molar-refractivity contribution is 0.141. The van der Waals surface area contributed by atoms with Crippen molar-refractivity contribution < 1.29 is 9.84 Å². The van der Waals surface area contributed by atoms with Gasteiger partial charge < -0.3 is 15.2 Å². The molecule has 3 heteroatoms. The van der Waals surface area contributed by atoms with Gasteiger partial charge >= 0.3 is 0 Å². The summed E-state index contributed by atoms with van der Waals surface area (Å²) in [5.41, 5.74) is 2.28. The van der Waals surface area contributed by atoms with E-state index in [1.165, 1.54) is 5.56 Å². The minimum atomic E-state index is -0.437. The molecule has 0 radical (unpaired) electrons. The minimum Gasteiger partial charge on any atom is -0.387 e. The van der Waals surface area contributed by atoms with E-state index in [1.807, 2.05) is 19.1 Å². The lowest BCUT2D eigenvalue weighted by atomic mass is 10.00. The Balaban J connectivity index is 2.27. The van der Waals surface area contributed by atoms with Crippen LogP contribution in [0, 0.1) is 0 Å². The zero-order valence-corrected chi connectivity index (χ0v) is 12.4. The normalized spacial score (nSPS) is 12.9. The van der Waals surface area contributed by atoms with Crippen molar-refractivity contribution in [3.63, 3.8) is 0 Å². The molecular formula is C16H27NO2. The van der Waals surface area contributed by atoms with Crippen LogP contribution in [0.15, 0.2) is 24.3 Å². The second-order valence-corrected chi connectivity index (χ2v) is 5.09. The number of rotatable bonds is 9. The van der Waals surface area contributed by atoms with Crippen LogP contribution in [0.4, 0.5) is 0 Å². The molecule has 3 nitrogen and oxygen atoms in total. The van der Waals surface area contributed by atoms with E-state index in [4.69, 9.17) is 4.74 Å². The topological polar surface area (TPSA) is 41.5 Å². The van der Waals surface area contributed by atoms with Crippen LogP contribution in [0.1, 0.15) is 50.3 Å². The van der Waals surface area contributed by atoms with Crippen molar-refractivity contribution in [2.45, 2.75) is 39.2 Å². The molecular weight excluding hydrogens is 238 g/mol. The second-order valence-electron chi connectivity index (χ2n) is 5.09. The van der Waals surface area contributed by atoms with Gasteiger partial charge in [-0.3, -0.25) is 0 Å². The quantitative estimate of drug-likeness (QED) is 0.675. The van der Waals surface area contributed by atoms with Crippen LogP contribution in [-0.2, 0) is 4.74 Å². The van der Waals surface area contributed by atoms with Gasteiger partial charge in [0.2, 0.25) is 0 Å². The van der Waals surface area contributed by atoms with Crippen LogP contribution in [0.3, 0.4) is 0 Å². The van der Waals surface area contributed by atoms with E-state index in [0.717, 1.165) is 31.7 Å². The molecule has 0 bridgehead atoms. The van der Waals surface area contributed by atoms with Crippen molar-refractivity contribution in [3.05, 3.63) is 35.4 Å². The number of aliphatic hydroxyl groups is 1. The molecule has 0 aromatic heterocycles. The molecule has 108 valence electrons. The van der Waals surface area contributed by atoms with Crippen LogP contribution in [0.25, 0.3) is 0 Å². The van der Waals surface area contributed by atoms with Gasteiger partial charge in [0, 0.05) is 19.8 Å². The molecule has 1 unspecified atom stereocenters. The Morgan fingerprint density at radius 3 is 2.37 bits per heavy atom. The highest BCUT2D eigenvalue weighted by molar-refractivity contribution is 5.26. The molecule has 0 spiro atoms. The maximum atomic E-state index is 10.1. The molecule has 1 rings (SSSR count). The molecule has 1 aromatic rings. The zero-order chi connectivity index (χ0) is 14.1. The van der Waals surface area contributed by atoms with Gasteiger partial charge in [-0.05, 0) is 36.9 Å². The fraction of sp³-hybridized carbons (Fsp3) is 0.625. The number of aliphatic hydroxyl groups excluding tert-OH is 1. The van der Waals surface area contributed by atoms with Crippen LogP contribution in [-0.4, -0.2) is 31.4 Å². The minimum absolute atomic E-state index is 0.437. The van der Waals surface area contributed by atoms with Gasteiger partial charge in [0.1, 0.15) is 0 Å². The first kappa shape index (κ1) is 16.2. The fourth-order valence-corrected chi connectivity index (χ4v) is 1.90. The molecule has 0 aliphatic rings. The summed E-state index contributed by atoms with van der Waals surface area (Å²) in [5, 5.41) is 13.3. The largest absolute Gasteiger partial charge is 0.387 e. The third kappa shape index (κ3) is 6.19. The highest BCUT2D eigenvalue weighted by atomic mass is 16.5. The predicted molar refractivity (Wildman–Crippen MR) is 79.5 cm³/mol. The van der Waals surface area contributed by atoms with E-state index in [9.17, 15) is 5.11 Å². The molecule has 1 atom stereocenters. The number of hydrogen-bond donors (Lipinski definition) is 2. The summed E-state index contributed by atoms with van der Waals surface area (Å²) in [6, 6.07) is 8.22. The maximum Gasteiger partial charge on any atom is 0.0914 e. The Morgan fingerprint density at radius 1 is 1.16 bits per heavy atom. The Kier molecular flexibility index (Phi) is 7.72. The summed E-state index contributed by atoms with van der Waals surface area (Å²) in [5.74, 6) is 0.530. The first-order valence-corrected chi connectivity index (χ1v) is 7.21. The molecule has 0 aliphatic heterocycles. The molecule has 0 saturated carbocycles. The first-order chi connectivity index (χ1) is 9.15. The number of benzene rings is 1. The monoisotopic (exact) mass is 265 g/mol. The molecule has 0 saturated heterocycles. The lowest BCUT2D eigenvalue weighted by Crippen LogP contribution is -2.23. The molecule has 19 heavy (non-hydrogen) atoms. The number of nitrogens with one attached hydrogen (secondary N) is 1. The highest BCUT2D eigenvalue weighted by Gasteiger charge is 2.07. The van der Waals surface area contributed by atoms with Crippen molar-refractivity contribution in [3.8, 4) is 0 Å². The summed E-state index contributed by atoms with van der Waals surface area (Å²) in [4.78, 5) is 0. The van der Waals surface area contributed by atoms with Crippen molar-refractivity contribution in [1.29, 1.82) is 0 Å². The predicted octanol–water partition coefficient (Wildman–Crippen LogP) is 2.86. The highest BCUT2D eigenvalue weighted by Crippen LogP contribution is 2.18. The Labute approximate surface area is 117 Å². The molecule has 0 fully saturated rings. The van der Waals surface area contributed by atoms with Gasteiger partial charge in [0.25, 0.3) is 0 Å².